The number of likely N-dealkylation sites (tertiary alicyclic amines) is 1. The van der Waals surface area contributed by atoms with E-state index in [1.165, 1.54) is 31.5 Å². The lowest BCUT2D eigenvalue weighted by Gasteiger charge is -2.59. The summed E-state index contributed by atoms with van der Waals surface area (Å²) in [4.78, 5) is 2.55. The van der Waals surface area contributed by atoms with Crippen molar-refractivity contribution < 1.29 is 4.74 Å². The lowest BCUT2D eigenvalue weighted by atomic mass is 9.58. The molecule has 0 unspecified atom stereocenters. The molecule has 1 aliphatic heterocycles. The average Bonchev–Trinajstić information content (AvgIpc) is 3.01. The largest absolute Gasteiger partial charge is 0.476 e. The quantitative estimate of drug-likeness (QED) is 0.646. The molecular weight excluding hydrogens is 362 g/mol. The van der Waals surface area contributed by atoms with E-state index in [1.807, 2.05) is 32.3 Å². The molecule has 2 aliphatic rings. The summed E-state index contributed by atoms with van der Waals surface area (Å²) in [5.41, 5.74) is 4.74. The van der Waals surface area contributed by atoms with Gasteiger partial charge in [-0.3, -0.25) is 9.58 Å². The summed E-state index contributed by atoms with van der Waals surface area (Å²) in [6.45, 7) is 6.23. The molecule has 3 aromatic rings. The molecule has 0 atom stereocenters. The van der Waals surface area contributed by atoms with Crippen molar-refractivity contribution in [2.24, 2.45) is 18.4 Å². The van der Waals surface area contributed by atoms with Gasteiger partial charge in [0.05, 0.1) is 18.0 Å². The van der Waals surface area contributed by atoms with E-state index in [9.17, 15) is 0 Å². The number of aromatic nitrogens is 4. The Morgan fingerprint density at radius 1 is 1.07 bits per heavy atom. The van der Waals surface area contributed by atoms with Gasteiger partial charge in [-0.15, -0.1) is 10.2 Å². The maximum Gasteiger partial charge on any atom is 0.233 e. The number of rotatable bonds is 6. The minimum atomic E-state index is 0.538. The summed E-state index contributed by atoms with van der Waals surface area (Å²) in [7, 11) is 1.91. The van der Waals surface area contributed by atoms with E-state index in [1.54, 1.807) is 4.68 Å². The van der Waals surface area contributed by atoms with Crippen LogP contribution in [0.1, 0.15) is 24.1 Å². The third kappa shape index (κ3) is 3.77. The number of hydrogen-bond acceptors (Lipinski definition) is 5. The summed E-state index contributed by atoms with van der Waals surface area (Å²) in [5.74, 6) is 1.24. The van der Waals surface area contributed by atoms with E-state index in [0.717, 1.165) is 30.1 Å². The van der Waals surface area contributed by atoms with E-state index in [-0.39, 0.29) is 0 Å². The lowest BCUT2D eigenvalue weighted by Crippen LogP contribution is -2.62. The molecule has 6 heteroatoms. The van der Waals surface area contributed by atoms with Crippen LogP contribution in [-0.4, -0.2) is 44.6 Å². The van der Waals surface area contributed by atoms with Gasteiger partial charge in [-0.25, -0.2) is 0 Å². The van der Waals surface area contributed by atoms with Crippen LogP contribution in [0.3, 0.4) is 0 Å². The molecule has 0 radical (unpaired) electrons. The standard InChI is InChI=1S/C23H27N5O/c1-17-20(13-27(2)26-17)21-8-9-22(25-24-21)29-14-19-10-23(11-19)15-28(16-23)12-18-6-4-3-5-7-18/h3-9,13,19H,10-12,14-16H2,1-2H3. The average molecular weight is 390 g/mol. The minimum Gasteiger partial charge on any atom is -0.476 e. The van der Waals surface area contributed by atoms with Gasteiger partial charge in [-0.1, -0.05) is 30.3 Å². The molecule has 1 saturated heterocycles. The van der Waals surface area contributed by atoms with Gasteiger partial charge in [0.25, 0.3) is 0 Å². The first-order valence-electron chi connectivity index (χ1n) is 10.3. The van der Waals surface area contributed by atoms with Crippen molar-refractivity contribution in [2.75, 3.05) is 19.7 Å². The van der Waals surface area contributed by atoms with Crippen molar-refractivity contribution in [1.82, 2.24) is 24.9 Å². The van der Waals surface area contributed by atoms with Gasteiger partial charge in [0.1, 0.15) is 0 Å². The van der Waals surface area contributed by atoms with Crippen molar-refractivity contribution in [3.8, 4) is 17.1 Å². The first-order chi connectivity index (χ1) is 14.1. The third-order valence-electron chi connectivity index (χ3n) is 6.21. The van der Waals surface area contributed by atoms with E-state index in [4.69, 9.17) is 4.74 Å². The first kappa shape index (κ1) is 18.3. The number of aryl methyl sites for hydroxylation is 2. The predicted molar refractivity (Wildman–Crippen MR) is 111 cm³/mol. The summed E-state index contributed by atoms with van der Waals surface area (Å²) in [5, 5.41) is 12.9. The van der Waals surface area contributed by atoms with Crippen molar-refractivity contribution >= 4 is 0 Å². The fraction of sp³-hybridized carbons (Fsp3) is 0.435. The molecule has 1 spiro atoms. The second-order valence-electron chi connectivity index (χ2n) is 8.77. The van der Waals surface area contributed by atoms with Crippen LogP contribution in [0.5, 0.6) is 5.88 Å². The van der Waals surface area contributed by atoms with E-state index < -0.39 is 0 Å². The van der Waals surface area contributed by atoms with E-state index in [0.29, 0.717) is 17.2 Å². The van der Waals surface area contributed by atoms with Gasteiger partial charge in [0.15, 0.2) is 0 Å². The van der Waals surface area contributed by atoms with Crippen molar-refractivity contribution in [3.63, 3.8) is 0 Å². The van der Waals surface area contributed by atoms with Crippen molar-refractivity contribution in [3.05, 3.63) is 59.9 Å². The highest BCUT2D eigenvalue weighted by atomic mass is 16.5. The fourth-order valence-corrected chi connectivity index (χ4v) is 4.99. The molecule has 1 aliphatic carbocycles. The van der Waals surface area contributed by atoms with Gasteiger partial charge in [-0.2, -0.15) is 5.10 Å². The fourth-order valence-electron chi connectivity index (χ4n) is 4.99. The number of hydrogen-bond donors (Lipinski definition) is 0. The smallest absolute Gasteiger partial charge is 0.233 e. The molecule has 150 valence electrons. The maximum atomic E-state index is 5.91. The Hall–Kier alpha value is -2.73. The van der Waals surface area contributed by atoms with Gasteiger partial charge in [0, 0.05) is 44.5 Å². The van der Waals surface area contributed by atoms with Crippen LogP contribution in [0.15, 0.2) is 48.7 Å². The zero-order chi connectivity index (χ0) is 19.8. The highest BCUT2D eigenvalue weighted by Gasteiger charge is 2.52. The Labute approximate surface area is 171 Å². The zero-order valence-electron chi connectivity index (χ0n) is 17.1. The molecule has 29 heavy (non-hydrogen) atoms. The monoisotopic (exact) mass is 389 g/mol. The second-order valence-corrected chi connectivity index (χ2v) is 8.77. The summed E-state index contributed by atoms with van der Waals surface area (Å²) < 4.78 is 7.71. The molecule has 0 amide bonds. The van der Waals surface area contributed by atoms with Crippen LogP contribution in [0.4, 0.5) is 0 Å². The third-order valence-corrected chi connectivity index (χ3v) is 6.21. The Bertz CT molecular complexity index is 968. The lowest BCUT2D eigenvalue weighted by molar-refractivity contribution is -0.107. The normalized spacial score (nSPS) is 18.4. The first-order valence-corrected chi connectivity index (χ1v) is 10.3. The Balaban J connectivity index is 1.07. The molecular formula is C23H27N5O. The molecule has 1 aromatic carbocycles. The summed E-state index contributed by atoms with van der Waals surface area (Å²) in [6.07, 6.45) is 4.49. The number of ether oxygens (including phenoxy) is 1. The highest BCUT2D eigenvalue weighted by Crippen LogP contribution is 2.52. The zero-order valence-corrected chi connectivity index (χ0v) is 17.1. The second kappa shape index (κ2) is 7.26. The van der Waals surface area contributed by atoms with Gasteiger partial charge < -0.3 is 4.74 Å². The summed E-state index contributed by atoms with van der Waals surface area (Å²) >= 11 is 0. The van der Waals surface area contributed by atoms with Crippen LogP contribution < -0.4 is 4.74 Å². The maximum absolute atomic E-state index is 5.91. The topological polar surface area (TPSA) is 56.1 Å². The van der Waals surface area contributed by atoms with Gasteiger partial charge in [0.2, 0.25) is 5.88 Å². The summed E-state index contributed by atoms with van der Waals surface area (Å²) in [6, 6.07) is 14.6. The van der Waals surface area contributed by atoms with Crippen molar-refractivity contribution in [1.29, 1.82) is 0 Å². The van der Waals surface area contributed by atoms with Crippen LogP contribution in [-0.2, 0) is 13.6 Å². The number of benzene rings is 1. The van der Waals surface area contributed by atoms with Crippen LogP contribution >= 0.6 is 0 Å². The SMILES string of the molecule is Cc1nn(C)cc1-c1ccc(OCC2CC3(C2)CN(Cc2ccccc2)C3)nn1. The van der Waals surface area contributed by atoms with Crippen LogP contribution in [0.2, 0.25) is 0 Å². The Morgan fingerprint density at radius 2 is 1.86 bits per heavy atom. The molecule has 0 N–H and O–H groups in total. The van der Waals surface area contributed by atoms with E-state index >= 15 is 0 Å². The number of nitrogens with zero attached hydrogens (tertiary/aromatic N) is 5. The van der Waals surface area contributed by atoms with Crippen LogP contribution in [0, 0.1) is 18.3 Å². The molecule has 6 nitrogen and oxygen atoms in total. The van der Waals surface area contributed by atoms with Crippen molar-refractivity contribution in [2.45, 2.75) is 26.3 Å². The van der Waals surface area contributed by atoms with Gasteiger partial charge in [-0.05, 0) is 42.7 Å². The van der Waals surface area contributed by atoms with Gasteiger partial charge >= 0.3 is 0 Å². The molecule has 0 bridgehead atoms. The predicted octanol–water partition coefficient (Wildman–Crippen LogP) is 3.48. The minimum absolute atomic E-state index is 0.538. The molecule has 2 fully saturated rings. The highest BCUT2D eigenvalue weighted by molar-refractivity contribution is 5.60. The molecule has 1 saturated carbocycles. The molecule has 2 aromatic heterocycles. The van der Waals surface area contributed by atoms with E-state index in [2.05, 4.69) is 50.5 Å². The Morgan fingerprint density at radius 3 is 2.52 bits per heavy atom. The Kier molecular flexibility index (Phi) is 4.59. The van der Waals surface area contributed by atoms with Crippen LogP contribution in [0.25, 0.3) is 11.3 Å². The molecule has 5 rings (SSSR count). The molecule has 3 heterocycles.